The molecule has 1 fully saturated rings. The van der Waals surface area contributed by atoms with Gasteiger partial charge in [0.05, 0.1) is 29.5 Å². The number of aryl methyl sites for hydroxylation is 2. The largest absolute Gasteiger partial charge is 0.345 e. The van der Waals surface area contributed by atoms with Crippen molar-refractivity contribution < 1.29 is 9.59 Å². The molecule has 5 aromatic rings. The number of fused-ring (bicyclic) bond motifs is 1. The highest BCUT2D eigenvalue weighted by atomic mass is 16.2. The molecule has 10 nitrogen and oxygen atoms in total. The van der Waals surface area contributed by atoms with Crippen LogP contribution in [0.4, 0.5) is 5.69 Å². The van der Waals surface area contributed by atoms with Crippen LogP contribution < -0.4 is 15.8 Å². The topological polar surface area (TPSA) is 107 Å². The van der Waals surface area contributed by atoms with Crippen molar-refractivity contribution in [1.82, 2.24) is 29.4 Å². The number of rotatable bonds is 5. The van der Waals surface area contributed by atoms with Gasteiger partial charge in [-0.05, 0) is 35.9 Å². The lowest BCUT2D eigenvalue weighted by Crippen LogP contribution is -2.40. The molecule has 10 heteroatoms. The van der Waals surface area contributed by atoms with Gasteiger partial charge in [-0.3, -0.25) is 19.1 Å². The van der Waals surface area contributed by atoms with Crippen LogP contribution >= 0.6 is 0 Å². The first-order chi connectivity index (χ1) is 18.4. The lowest BCUT2D eigenvalue weighted by atomic mass is 9.99. The standard InChI is InChI=1S/C28H25N7O3/c1-32-17-21(9-11-25(32)36)35-24-10-8-20(14-19(24)16-29-35)34-26(37)15-23(27(34)18-6-4-3-5-7-18)30-28(38)22-12-13-33(2)31-22/h3-14,16-17,23,27H,15H2,1-2H3,(H,30,38)/t23-,27+/m0/s1. The monoisotopic (exact) mass is 507 g/mol. The third-order valence-corrected chi connectivity index (χ3v) is 6.87. The highest BCUT2D eigenvalue weighted by molar-refractivity contribution is 6.01. The van der Waals surface area contributed by atoms with Crippen LogP contribution in [0.5, 0.6) is 0 Å². The fourth-order valence-electron chi connectivity index (χ4n) is 5.06. The van der Waals surface area contributed by atoms with Crippen LogP contribution in [-0.2, 0) is 18.9 Å². The Morgan fingerprint density at radius 3 is 2.50 bits per heavy atom. The van der Waals surface area contributed by atoms with E-state index in [0.717, 1.165) is 22.2 Å². The first-order valence-electron chi connectivity index (χ1n) is 12.2. The molecule has 2 amide bonds. The van der Waals surface area contributed by atoms with Crippen LogP contribution in [0, 0.1) is 0 Å². The molecule has 38 heavy (non-hydrogen) atoms. The van der Waals surface area contributed by atoms with Gasteiger partial charge in [0, 0.05) is 50.0 Å². The van der Waals surface area contributed by atoms with E-state index in [2.05, 4.69) is 15.5 Å². The quantitative estimate of drug-likeness (QED) is 0.394. The summed E-state index contributed by atoms with van der Waals surface area (Å²) in [6, 6.07) is 19.5. The predicted octanol–water partition coefficient (Wildman–Crippen LogP) is 2.73. The van der Waals surface area contributed by atoms with E-state index in [1.807, 2.05) is 48.5 Å². The van der Waals surface area contributed by atoms with E-state index in [9.17, 15) is 14.4 Å². The van der Waals surface area contributed by atoms with Crippen molar-refractivity contribution in [3.05, 3.63) is 107 Å². The fraction of sp³-hybridized carbons (Fsp3) is 0.179. The summed E-state index contributed by atoms with van der Waals surface area (Å²) >= 11 is 0. The van der Waals surface area contributed by atoms with Crippen LogP contribution in [0.3, 0.4) is 0 Å². The van der Waals surface area contributed by atoms with Crippen LogP contribution in [0.1, 0.15) is 28.5 Å². The highest BCUT2D eigenvalue weighted by Gasteiger charge is 2.42. The minimum absolute atomic E-state index is 0.0880. The van der Waals surface area contributed by atoms with Crippen molar-refractivity contribution in [3.8, 4) is 5.69 Å². The molecule has 0 radical (unpaired) electrons. The van der Waals surface area contributed by atoms with Gasteiger partial charge in [-0.25, -0.2) is 4.68 Å². The Labute approximate surface area is 217 Å². The molecule has 0 aliphatic carbocycles. The summed E-state index contributed by atoms with van der Waals surface area (Å²) < 4.78 is 4.83. The molecule has 0 unspecified atom stereocenters. The van der Waals surface area contributed by atoms with E-state index in [1.54, 1.807) is 59.1 Å². The Morgan fingerprint density at radius 2 is 1.76 bits per heavy atom. The van der Waals surface area contributed by atoms with Gasteiger partial charge in [0.25, 0.3) is 5.91 Å². The molecule has 6 rings (SSSR count). The summed E-state index contributed by atoms with van der Waals surface area (Å²) in [6.07, 6.45) is 5.34. The van der Waals surface area contributed by atoms with E-state index >= 15 is 0 Å². The molecule has 1 saturated heterocycles. The van der Waals surface area contributed by atoms with Crippen molar-refractivity contribution in [1.29, 1.82) is 0 Å². The summed E-state index contributed by atoms with van der Waals surface area (Å²) in [7, 11) is 3.45. The van der Waals surface area contributed by atoms with Gasteiger partial charge < -0.3 is 14.8 Å². The lowest BCUT2D eigenvalue weighted by molar-refractivity contribution is -0.117. The number of hydrogen-bond donors (Lipinski definition) is 1. The molecule has 2 aromatic carbocycles. The van der Waals surface area contributed by atoms with Crippen molar-refractivity contribution in [2.75, 3.05) is 4.90 Å². The molecule has 190 valence electrons. The highest BCUT2D eigenvalue weighted by Crippen LogP contribution is 2.38. The maximum absolute atomic E-state index is 13.4. The van der Waals surface area contributed by atoms with E-state index < -0.39 is 12.1 Å². The second-order valence-electron chi connectivity index (χ2n) is 9.41. The molecule has 0 saturated carbocycles. The van der Waals surface area contributed by atoms with Crippen LogP contribution in [0.15, 0.2) is 90.1 Å². The van der Waals surface area contributed by atoms with Gasteiger partial charge in [-0.1, -0.05) is 30.3 Å². The van der Waals surface area contributed by atoms with Gasteiger partial charge >= 0.3 is 0 Å². The molecule has 3 aromatic heterocycles. The Bertz CT molecular complexity index is 1730. The molecule has 0 spiro atoms. The maximum Gasteiger partial charge on any atom is 0.272 e. The normalized spacial score (nSPS) is 17.3. The SMILES string of the molecule is Cn1ccc(C(=O)N[C@H]2CC(=O)N(c3ccc4c(cnn4-c4ccc(=O)n(C)c4)c3)[C@@H]2c2ccccc2)n1. The molecule has 2 atom stereocenters. The third-order valence-electron chi connectivity index (χ3n) is 6.87. The summed E-state index contributed by atoms with van der Waals surface area (Å²) in [5.74, 6) is -0.407. The average molecular weight is 508 g/mol. The van der Waals surface area contributed by atoms with E-state index in [4.69, 9.17) is 0 Å². The number of hydrogen-bond acceptors (Lipinski definition) is 5. The zero-order valence-electron chi connectivity index (χ0n) is 20.9. The third kappa shape index (κ3) is 4.05. The molecule has 0 bridgehead atoms. The summed E-state index contributed by atoms with van der Waals surface area (Å²) in [5.41, 5.74) is 3.44. The Morgan fingerprint density at radius 1 is 0.974 bits per heavy atom. The fourth-order valence-corrected chi connectivity index (χ4v) is 5.06. The second-order valence-corrected chi connectivity index (χ2v) is 9.41. The molecule has 1 aliphatic rings. The Kier molecular flexibility index (Phi) is 5.64. The van der Waals surface area contributed by atoms with Gasteiger partial charge in [0.15, 0.2) is 0 Å². The summed E-state index contributed by atoms with van der Waals surface area (Å²) in [5, 5.41) is 12.6. The van der Waals surface area contributed by atoms with E-state index in [1.165, 1.54) is 10.6 Å². The van der Waals surface area contributed by atoms with Gasteiger partial charge in [0.2, 0.25) is 11.5 Å². The zero-order valence-corrected chi connectivity index (χ0v) is 20.9. The lowest BCUT2D eigenvalue weighted by Gasteiger charge is -2.29. The molecule has 4 heterocycles. The number of nitrogens with one attached hydrogen (secondary N) is 1. The smallest absolute Gasteiger partial charge is 0.272 e. The number of amides is 2. The first-order valence-corrected chi connectivity index (χ1v) is 12.2. The van der Waals surface area contributed by atoms with Crippen LogP contribution in [-0.4, -0.2) is 42.0 Å². The van der Waals surface area contributed by atoms with Gasteiger partial charge in [-0.15, -0.1) is 0 Å². The Balaban J connectivity index is 1.37. The van der Waals surface area contributed by atoms with Crippen LogP contribution in [0.2, 0.25) is 0 Å². The number of benzene rings is 2. The molecule has 1 N–H and O–H groups in total. The van der Waals surface area contributed by atoms with Crippen molar-refractivity contribution >= 4 is 28.4 Å². The zero-order chi connectivity index (χ0) is 26.4. The average Bonchev–Trinajstić information content (AvgIpc) is 3.62. The second kappa shape index (κ2) is 9.15. The molecular weight excluding hydrogens is 482 g/mol. The number of pyridine rings is 1. The van der Waals surface area contributed by atoms with Crippen molar-refractivity contribution in [2.24, 2.45) is 14.1 Å². The molecule has 1 aliphatic heterocycles. The number of carbonyl (C=O) groups excluding carboxylic acids is 2. The number of anilines is 1. The van der Waals surface area contributed by atoms with E-state index in [0.29, 0.717) is 11.4 Å². The van der Waals surface area contributed by atoms with Crippen molar-refractivity contribution in [2.45, 2.75) is 18.5 Å². The Hall–Kier alpha value is -4.99. The molecular formula is C28H25N7O3. The number of aromatic nitrogens is 5. The van der Waals surface area contributed by atoms with Crippen LogP contribution in [0.25, 0.3) is 16.6 Å². The maximum atomic E-state index is 13.4. The number of carbonyl (C=O) groups is 2. The van der Waals surface area contributed by atoms with E-state index in [-0.39, 0.29) is 23.8 Å². The first kappa shape index (κ1) is 23.4. The summed E-state index contributed by atoms with van der Waals surface area (Å²) in [4.78, 5) is 39.9. The minimum Gasteiger partial charge on any atom is -0.345 e. The minimum atomic E-state index is -0.441. The number of nitrogens with zero attached hydrogens (tertiary/aromatic N) is 6. The summed E-state index contributed by atoms with van der Waals surface area (Å²) in [6.45, 7) is 0. The van der Waals surface area contributed by atoms with Crippen molar-refractivity contribution in [3.63, 3.8) is 0 Å². The predicted molar refractivity (Wildman–Crippen MR) is 142 cm³/mol. The van der Waals surface area contributed by atoms with Gasteiger partial charge in [-0.2, -0.15) is 10.2 Å². The van der Waals surface area contributed by atoms with Gasteiger partial charge in [0.1, 0.15) is 5.69 Å².